The molecule has 3 atom stereocenters. The predicted molar refractivity (Wildman–Crippen MR) is 92.5 cm³/mol. The number of hydrogen-bond donors (Lipinski definition) is 2. The van der Waals surface area contributed by atoms with E-state index < -0.39 is 30.5 Å². The first-order chi connectivity index (χ1) is 13.0. The van der Waals surface area contributed by atoms with Crippen molar-refractivity contribution in [3.63, 3.8) is 0 Å². The number of carbonyl (C=O) groups excluding carboxylic acids is 3. The second-order valence-corrected chi connectivity index (χ2v) is 7.41. The number of aliphatic hydroxyl groups is 1. The third-order valence-electron chi connectivity index (χ3n) is 5.41. The molecule has 9 heteroatoms. The van der Waals surface area contributed by atoms with Crippen LogP contribution in [0.4, 0.5) is 4.79 Å². The van der Waals surface area contributed by atoms with Crippen LogP contribution in [0.1, 0.15) is 44.9 Å². The van der Waals surface area contributed by atoms with Crippen LogP contribution in [0.2, 0.25) is 0 Å². The Labute approximate surface area is 158 Å². The number of ether oxygens (including phenoxy) is 3. The molecular formula is C18H28N2O7. The number of nitrogens with zero attached hydrogens (tertiary/aromatic N) is 1. The van der Waals surface area contributed by atoms with Gasteiger partial charge in [0.05, 0.1) is 19.6 Å². The summed E-state index contributed by atoms with van der Waals surface area (Å²) in [4.78, 5) is 38.0. The van der Waals surface area contributed by atoms with Gasteiger partial charge in [0.1, 0.15) is 6.04 Å². The zero-order valence-corrected chi connectivity index (χ0v) is 15.4. The van der Waals surface area contributed by atoms with Crippen LogP contribution in [-0.2, 0) is 23.8 Å². The number of rotatable bonds is 5. The summed E-state index contributed by atoms with van der Waals surface area (Å²) in [6, 6.07) is -0.862. The van der Waals surface area contributed by atoms with E-state index in [4.69, 9.17) is 9.47 Å². The van der Waals surface area contributed by atoms with Crippen LogP contribution in [-0.4, -0.2) is 72.7 Å². The van der Waals surface area contributed by atoms with Gasteiger partial charge in [-0.05, 0) is 12.3 Å². The van der Waals surface area contributed by atoms with Crippen molar-refractivity contribution in [3.8, 4) is 0 Å². The monoisotopic (exact) mass is 384 g/mol. The molecule has 2 heterocycles. The fraction of sp³-hybridized carbons (Fsp3) is 0.833. The highest BCUT2D eigenvalue weighted by Gasteiger charge is 2.37. The van der Waals surface area contributed by atoms with Crippen molar-refractivity contribution in [1.29, 1.82) is 0 Å². The maximum absolute atomic E-state index is 12.9. The maximum atomic E-state index is 12.9. The summed E-state index contributed by atoms with van der Waals surface area (Å²) in [6.07, 6.45) is 2.80. The van der Waals surface area contributed by atoms with E-state index in [9.17, 15) is 19.5 Å². The van der Waals surface area contributed by atoms with Crippen LogP contribution in [0.5, 0.6) is 0 Å². The van der Waals surface area contributed by atoms with Crippen LogP contribution >= 0.6 is 0 Å². The van der Waals surface area contributed by atoms with Gasteiger partial charge in [0.25, 0.3) is 5.91 Å². The van der Waals surface area contributed by atoms with Crippen LogP contribution in [0.15, 0.2) is 0 Å². The largest absolute Gasteiger partial charge is 0.436 e. The normalized spacial score (nSPS) is 27.7. The number of morpholine rings is 1. The third-order valence-corrected chi connectivity index (χ3v) is 5.41. The summed E-state index contributed by atoms with van der Waals surface area (Å²) >= 11 is 0. The van der Waals surface area contributed by atoms with Crippen molar-refractivity contribution in [2.75, 3.05) is 26.3 Å². The standard InChI is InChI=1S/C18H28N2O7/c21-15-11-13(17(23)27-15)19-18(24)26-14(10-12-4-2-1-3-5-12)16(22)20-6-8-25-9-7-20/h12-14,17,23H,1-11H2,(H,19,24)/t13-,14-,17?/m0/s1. The molecule has 152 valence electrons. The van der Waals surface area contributed by atoms with E-state index in [-0.39, 0.29) is 12.3 Å². The first kappa shape index (κ1) is 19.9. The molecule has 1 unspecified atom stereocenters. The average molecular weight is 384 g/mol. The van der Waals surface area contributed by atoms with E-state index in [1.165, 1.54) is 6.42 Å². The smallest absolute Gasteiger partial charge is 0.408 e. The average Bonchev–Trinajstić information content (AvgIpc) is 2.99. The highest BCUT2D eigenvalue weighted by Crippen LogP contribution is 2.29. The third kappa shape index (κ3) is 5.55. The van der Waals surface area contributed by atoms with Gasteiger partial charge in [-0.15, -0.1) is 0 Å². The second kappa shape index (κ2) is 9.36. The van der Waals surface area contributed by atoms with Gasteiger partial charge < -0.3 is 29.5 Å². The van der Waals surface area contributed by atoms with Crippen LogP contribution in [0.25, 0.3) is 0 Å². The lowest BCUT2D eigenvalue weighted by molar-refractivity contribution is -0.154. The van der Waals surface area contributed by atoms with E-state index >= 15 is 0 Å². The van der Waals surface area contributed by atoms with E-state index in [1.54, 1.807) is 4.90 Å². The minimum atomic E-state index is -1.39. The molecule has 0 bridgehead atoms. The first-order valence-electron chi connectivity index (χ1n) is 9.74. The Morgan fingerprint density at radius 2 is 1.93 bits per heavy atom. The number of nitrogens with one attached hydrogen (secondary N) is 1. The zero-order chi connectivity index (χ0) is 19.2. The summed E-state index contributed by atoms with van der Waals surface area (Å²) in [7, 11) is 0. The van der Waals surface area contributed by atoms with Crippen molar-refractivity contribution in [2.45, 2.75) is 63.4 Å². The zero-order valence-electron chi connectivity index (χ0n) is 15.4. The Balaban J connectivity index is 1.60. The van der Waals surface area contributed by atoms with Gasteiger partial charge in [-0.25, -0.2) is 4.79 Å². The first-order valence-corrected chi connectivity index (χ1v) is 9.74. The van der Waals surface area contributed by atoms with E-state index in [0.29, 0.717) is 38.6 Å². The lowest BCUT2D eigenvalue weighted by Crippen LogP contribution is -2.49. The molecule has 9 nitrogen and oxygen atoms in total. The molecule has 2 saturated heterocycles. The quantitative estimate of drug-likeness (QED) is 0.665. The highest BCUT2D eigenvalue weighted by atomic mass is 16.6. The molecule has 1 saturated carbocycles. The molecular weight excluding hydrogens is 356 g/mol. The Morgan fingerprint density at radius 1 is 1.22 bits per heavy atom. The Bertz CT molecular complexity index is 544. The van der Waals surface area contributed by atoms with Crippen LogP contribution < -0.4 is 5.32 Å². The molecule has 0 radical (unpaired) electrons. The molecule has 2 aliphatic heterocycles. The number of aliphatic hydroxyl groups excluding tert-OH is 1. The summed E-state index contributed by atoms with van der Waals surface area (Å²) < 4.78 is 15.3. The molecule has 0 aromatic heterocycles. The molecule has 3 fully saturated rings. The number of esters is 1. The Hall–Kier alpha value is -1.87. The maximum Gasteiger partial charge on any atom is 0.408 e. The predicted octanol–water partition coefficient (Wildman–Crippen LogP) is 0.544. The number of hydrogen-bond acceptors (Lipinski definition) is 7. The van der Waals surface area contributed by atoms with E-state index in [0.717, 1.165) is 25.7 Å². The molecule has 1 aliphatic carbocycles. The van der Waals surface area contributed by atoms with Gasteiger partial charge in [-0.2, -0.15) is 0 Å². The number of cyclic esters (lactones) is 1. The molecule has 0 aromatic rings. The lowest BCUT2D eigenvalue weighted by atomic mass is 9.85. The van der Waals surface area contributed by atoms with Gasteiger partial charge in [-0.1, -0.05) is 32.1 Å². The summed E-state index contributed by atoms with van der Waals surface area (Å²) in [6.45, 7) is 1.91. The molecule has 27 heavy (non-hydrogen) atoms. The van der Waals surface area contributed by atoms with Crippen molar-refractivity contribution >= 4 is 18.0 Å². The minimum Gasteiger partial charge on any atom is -0.436 e. The molecule has 0 spiro atoms. The molecule has 3 rings (SSSR count). The Kier molecular flexibility index (Phi) is 6.89. The van der Waals surface area contributed by atoms with Gasteiger partial charge in [0.2, 0.25) is 6.29 Å². The molecule has 3 aliphatic rings. The molecule has 2 N–H and O–H groups in total. The van der Waals surface area contributed by atoms with E-state index in [1.807, 2.05) is 0 Å². The topological polar surface area (TPSA) is 114 Å². The summed E-state index contributed by atoms with van der Waals surface area (Å²) in [5, 5.41) is 12.0. The number of carbonyl (C=O) groups is 3. The summed E-state index contributed by atoms with van der Waals surface area (Å²) in [5.74, 6) is -0.446. The minimum absolute atomic E-state index is 0.124. The van der Waals surface area contributed by atoms with Gasteiger partial charge in [0.15, 0.2) is 6.10 Å². The van der Waals surface area contributed by atoms with Crippen molar-refractivity contribution in [3.05, 3.63) is 0 Å². The van der Waals surface area contributed by atoms with Crippen molar-refractivity contribution in [2.24, 2.45) is 5.92 Å². The Morgan fingerprint density at radius 3 is 2.56 bits per heavy atom. The van der Waals surface area contributed by atoms with Gasteiger partial charge in [0, 0.05) is 13.1 Å². The highest BCUT2D eigenvalue weighted by molar-refractivity contribution is 5.84. The van der Waals surface area contributed by atoms with E-state index in [2.05, 4.69) is 10.1 Å². The van der Waals surface area contributed by atoms with Gasteiger partial charge >= 0.3 is 12.1 Å². The number of amides is 2. The lowest BCUT2D eigenvalue weighted by Gasteiger charge is -2.32. The van der Waals surface area contributed by atoms with Gasteiger partial charge in [-0.3, -0.25) is 9.59 Å². The fourth-order valence-corrected chi connectivity index (χ4v) is 3.89. The second-order valence-electron chi connectivity index (χ2n) is 7.41. The van der Waals surface area contributed by atoms with Crippen molar-refractivity contribution in [1.82, 2.24) is 10.2 Å². The number of alkyl carbamates (subject to hydrolysis) is 1. The fourth-order valence-electron chi connectivity index (χ4n) is 3.89. The molecule has 0 aromatic carbocycles. The SMILES string of the molecule is O=C1C[C@H](NC(=O)O[C@@H](CC2CCCCC2)C(=O)N2CCOCC2)C(O)O1. The molecule has 2 amide bonds. The van der Waals surface area contributed by atoms with Crippen LogP contribution in [0.3, 0.4) is 0 Å². The van der Waals surface area contributed by atoms with Crippen molar-refractivity contribution < 1.29 is 33.7 Å². The van der Waals surface area contributed by atoms with Crippen LogP contribution in [0, 0.1) is 5.92 Å². The summed E-state index contributed by atoms with van der Waals surface area (Å²) in [5.41, 5.74) is 0.